The molecule has 310 valence electrons. The van der Waals surface area contributed by atoms with Crippen molar-refractivity contribution in [3.8, 4) is 67.5 Å². The molecule has 0 aliphatic carbocycles. The first-order valence-corrected chi connectivity index (χ1v) is 21.1. The molecule has 5 heteroatoms. The SMILES string of the molecule is CC(C)(C)c1cc(-c2nc3c(-c4[c-]c(-c5cc(-c6ccccc6)ccn5)cc(Cc5ccccc5)c4)cccc3n2-c2ccccc2-c2ccccc2)c(O)c(C(C)(C)C)c1.[Pt]. The molecule has 2 aromatic heterocycles. The number of nitrogens with zero attached hydrogens (tertiary/aromatic N) is 3. The van der Waals surface area contributed by atoms with E-state index in [0.29, 0.717) is 11.4 Å². The minimum absolute atomic E-state index is 0. The van der Waals surface area contributed by atoms with Crippen LogP contribution in [0.25, 0.3) is 72.7 Å². The number of para-hydroxylation sites is 2. The average Bonchev–Trinajstić information content (AvgIpc) is 3.66. The Bertz CT molecular complexity index is 3010. The van der Waals surface area contributed by atoms with Gasteiger partial charge >= 0.3 is 0 Å². The second-order valence-corrected chi connectivity index (χ2v) is 18.0. The van der Waals surface area contributed by atoms with Crippen LogP contribution in [0.1, 0.15) is 63.8 Å². The first-order valence-electron chi connectivity index (χ1n) is 21.1. The van der Waals surface area contributed by atoms with Crippen molar-refractivity contribution in [3.05, 3.63) is 204 Å². The summed E-state index contributed by atoms with van der Waals surface area (Å²) in [5, 5.41) is 12.4. The number of benzene rings is 7. The zero-order valence-electron chi connectivity index (χ0n) is 36.1. The van der Waals surface area contributed by atoms with Gasteiger partial charge in [0.1, 0.15) is 11.6 Å². The van der Waals surface area contributed by atoms with Gasteiger partial charge in [-0.15, -0.1) is 29.3 Å². The standard InChI is InChI=1S/C57H50N3O.Pt/c1-56(2,3)45-36-48(54(61)49(37-45)57(4,5)6)55-59-53-47(26-18-28-52(53)60(55)51-27-17-16-25-46(51)41-23-14-9-15-24-41)43-32-39(31-38-19-10-7-11-20-38)33-44(34-43)50-35-42(29-30-58-50)40-21-12-8-13-22-40;/h7-30,32-33,35-37,61H,31H2,1-6H3;/q-1;. The van der Waals surface area contributed by atoms with Crippen LogP contribution in [0.4, 0.5) is 0 Å². The molecule has 0 saturated heterocycles. The van der Waals surface area contributed by atoms with E-state index >= 15 is 0 Å². The zero-order valence-corrected chi connectivity index (χ0v) is 38.3. The van der Waals surface area contributed by atoms with Crippen LogP contribution in [0.2, 0.25) is 0 Å². The van der Waals surface area contributed by atoms with Crippen molar-refractivity contribution in [1.29, 1.82) is 0 Å². The van der Waals surface area contributed by atoms with Crippen molar-refractivity contribution >= 4 is 11.0 Å². The summed E-state index contributed by atoms with van der Waals surface area (Å²) in [6.07, 6.45) is 2.63. The summed E-state index contributed by atoms with van der Waals surface area (Å²) in [7, 11) is 0. The molecule has 9 rings (SSSR count). The fourth-order valence-electron chi connectivity index (χ4n) is 8.32. The number of rotatable bonds is 8. The molecule has 62 heavy (non-hydrogen) atoms. The molecule has 4 nitrogen and oxygen atoms in total. The Morgan fingerprint density at radius 3 is 1.87 bits per heavy atom. The van der Waals surface area contributed by atoms with E-state index in [1.807, 2.05) is 18.3 Å². The molecule has 0 spiro atoms. The van der Waals surface area contributed by atoms with E-state index in [0.717, 1.165) is 84.5 Å². The summed E-state index contributed by atoms with van der Waals surface area (Å²) in [6.45, 7) is 13.1. The van der Waals surface area contributed by atoms with E-state index < -0.39 is 0 Å². The molecule has 0 aliphatic rings. The second kappa shape index (κ2) is 17.2. The van der Waals surface area contributed by atoms with E-state index in [-0.39, 0.29) is 37.6 Å². The molecule has 2 heterocycles. The Morgan fingerprint density at radius 2 is 1.18 bits per heavy atom. The van der Waals surface area contributed by atoms with E-state index in [1.54, 1.807) is 0 Å². The molecule has 0 bridgehead atoms. The van der Waals surface area contributed by atoms with Crippen LogP contribution in [0.5, 0.6) is 5.75 Å². The number of aromatic hydroxyl groups is 1. The normalized spacial score (nSPS) is 11.7. The molecular formula is C57H50N3OPt-. The van der Waals surface area contributed by atoms with Gasteiger partial charge in [0.05, 0.1) is 22.3 Å². The van der Waals surface area contributed by atoms with Crippen molar-refractivity contribution < 1.29 is 26.2 Å². The number of aromatic nitrogens is 3. The molecule has 0 unspecified atom stereocenters. The summed E-state index contributed by atoms with van der Waals surface area (Å²) in [4.78, 5) is 10.5. The van der Waals surface area contributed by atoms with Crippen LogP contribution in [0, 0.1) is 6.07 Å². The fraction of sp³-hybridized carbons (Fsp3) is 0.158. The van der Waals surface area contributed by atoms with Gasteiger partial charge in [0.15, 0.2) is 0 Å². The number of hydrogen-bond acceptors (Lipinski definition) is 3. The van der Waals surface area contributed by atoms with Crippen LogP contribution >= 0.6 is 0 Å². The van der Waals surface area contributed by atoms with Crippen molar-refractivity contribution in [1.82, 2.24) is 14.5 Å². The van der Waals surface area contributed by atoms with E-state index in [2.05, 4.69) is 210 Å². The van der Waals surface area contributed by atoms with Crippen molar-refractivity contribution in [2.45, 2.75) is 58.8 Å². The number of hydrogen-bond donors (Lipinski definition) is 1. The van der Waals surface area contributed by atoms with Gasteiger partial charge in [-0.3, -0.25) is 9.55 Å². The maximum absolute atomic E-state index is 12.4. The minimum atomic E-state index is -0.319. The molecule has 1 N–H and O–H groups in total. The summed E-state index contributed by atoms with van der Waals surface area (Å²) >= 11 is 0. The van der Waals surface area contributed by atoms with Crippen LogP contribution < -0.4 is 0 Å². The largest absolute Gasteiger partial charge is 0.507 e. The van der Waals surface area contributed by atoms with Crippen molar-refractivity contribution in [2.75, 3.05) is 0 Å². The Labute approximate surface area is 380 Å². The smallest absolute Gasteiger partial charge is 0.148 e. The van der Waals surface area contributed by atoms with Crippen LogP contribution in [-0.2, 0) is 38.3 Å². The third-order valence-corrected chi connectivity index (χ3v) is 11.6. The van der Waals surface area contributed by atoms with E-state index in [1.165, 1.54) is 5.56 Å². The van der Waals surface area contributed by atoms with Gasteiger partial charge < -0.3 is 5.11 Å². The summed E-state index contributed by atoms with van der Waals surface area (Å²) < 4.78 is 2.24. The Hall–Kier alpha value is -6.35. The van der Waals surface area contributed by atoms with Gasteiger partial charge in [0.25, 0.3) is 0 Å². The second-order valence-electron chi connectivity index (χ2n) is 18.0. The molecule has 0 amide bonds. The molecular weight excluding hydrogens is 938 g/mol. The van der Waals surface area contributed by atoms with Crippen LogP contribution in [-0.4, -0.2) is 19.6 Å². The number of fused-ring (bicyclic) bond motifs is 1. The maximum Gasteiger partial charge on any atom is 0.148 e. The maximum atomic E-state index is 12.4. The number of phenols is 1. The van der Waals surface area contributed by atoms with Gasteiger partial charge in [0, 0.05) is 44.1 Å². The summed E-state index contributed by atoms with van der Waals surface area (Å²) in [5.74, 6) is 0.928. The molecule has 0 fully saturated rings. The monoisotopic (exact) mass is 987 g/mol. The molecule has 0 saturated carbocycles. The van der Waals surface area contributed by atoms with Crippen LogP contribution in [0.15, 0.2) is 176 Å². The van der Waals surface area contributed by atoms with E-state index in [4.69, 9.17) is 9.97 Å². The Morgan fingerprint density at radius 1 is 0.548 bits per heavy atom. The van der Waals surface area contributed by atoms with Gasteiger partial charge in [-0.1, -0.05) is 186 Å². The number of pyridine rings is 1. The molecule has 9 aromatic rings. The van der Waals surface area contributed by atoms with Gasteiger partial charge in [0.2, 0.25) is 0 Å². The van der Waals surface area contributed by atoms with E-state index in [9.17, 15) is 5.11 Å². The first kappa shape index (κ1) is 42.3. The molecule has 0 aliphatic heterocycles. The fourth-order valence-corrected chi connectivity index (χ4v) is 8.32. The number of imidazole rings is 1. The minimum Gasteiger partial charge on any atom is -0.507 e. The van der Waals surface area contributed by atoms with Gasteiger partial charge in [-0.2, -0.15) is 0 Å². The molecule has 0 atom stereocenters. The van der Waals surface area contributed by atoms with Crippen LogP contribution in [0.3, 0.4) is 0 Å². The Balaban J connectivity index is 0.00000529. The summed E-state index contributed by atoms with van der Waals surface area (Å²) in [6, 6.07) is 63.2. The predicted molar refractivity (Wildman–Crippen MR) is 253 cm³/mol. The zero-order chi connectivity index (χ0) is 42.3. The average molecular weight is 988 g/mol. The van der Waals surface area contributed by atoms with Gasteiger partial charge in [-0.25, -0.2) is 4.98 Å². The van der Waals surface area contributed by atoms with Gasteiger partial charge in [-0.05, 0) is 69.3 Å². The first-order chi connectivity index (χ1) is 29.4. The number of phenolic OH excluding ortho intramolecular Hbond substituents is 1. The predicted octanol–water partition coefficient (Wildman–Crippen LogP) is 14.4. The summed E-state index contributed by atoms with van der Waals surface area (Å²) in [5.41, 5.74) is 15.4. The Kier molecular flexibility index (Phi) is 11.7. The third-order valence-electron chi connectivity index (χ3n) is 11.6. The third kappa shape index (κ3) is 8.45. The molecule has 7 aromatic carbocycles. The topological polar surface area (TPSA) is 50.9 Å². The van der Waals surface area contributed by atoms with Crippen molar-refractivity contribution in [2.24, 2.45) is 0 Å². The van der Waals surface area contributed by atoms with Crippen molar-refractivity contribution in [3.63, 3.8) is 0 Å². The quantitative estimate of drug-likeness (QED) is 0.154. The molecule has 0 radical (unpaired) electrons.